The highest BCUT2D eigenvalue weighted by Gasteiger charge is 2.38. The van der Waals surface area contributed by atoms with Gasteiger partial charge in [-0.15, -0.1) is 0 Å². The Balaban J connectivity index is 1.87. The topological polar surface area (TPSA) is 117 Å². The van der Waals surface area contributed by atoms with Crippen molar-refractivity contribution in [2.75, 3.05) is 26.1 Å². The van der Waals surface area contributed by atoms with E-state index < -0.39 is 12.0 Å². The number of esters is 1. The average Bonchev–Trinajstić information content (AvgIpc) is 3.31. The number of aromatic nitrogens is 4. The summed E-state index contributed by atoms with van der Waals surface area (Å²) in [6.45, 7) is 2.42. The van der Waals surface area contributed by atoms with Crippen LogP contribution in [0.3, 0.4) is 0 Å². The van der Waals surface area contributed by atoms with E-state index in [1.165, 1.54) is 11.8 Å². The number of anilines is 1. The number of methoxy groups -OCH3 is 2. The monoisotopic (exact) mass is 435 g/mol. The van der Waals surface area contributed by atoms with Gasteiger partial charge in [0.15, 0.2) is 5.78 Å². The Bertz CT molecular complexity index is 1170. The van der Waals surface area contributed by atoms with Crippen molar-refractivity contribution in [3.63, 3.8) is 0 Å². The third-order valence-corrected chi connectivity index (χ3v) is 5.01. The summed E-state index contributed by atoms with van der Waals surface area (Å²) in [5.74, 6) is 0.432. The quantitative estimate of drug-likeness (QED) is 0.441. The van der Waals surface area contributed by atoms with E-state index in [4.69, 9.17) is 14.2 Å². The number of benzene rings is 2. The summed E-state index contributed by atoms with van der Waals surface area (Å²) in [5.41, 5.74) is 1.21. The highest BCUT2D eigenvalue weighted by molar-refractivity contribution is 6.14. The number of Topliss-reactive ketones (excluding diaryl/α,β-unsaturated/α-hetero) is 1. The highest BCUT2D eigenvalue weighted by Crippen LogP contribution is 2.37. The predicted octanol–water partition coefficient (Wildman–Crippen LogP) is 2.41. The van der Waals surface area contributed by atoms with Gasteiger partial charge in [-0.2, -0.15) is 4.68 Å². The van der Waals surface area contributed by atoms with Crippen LogP contribution in [-0.4, -0.2) is 52.8 Å². The van der Waals surface area contributed by atoms with Gasteiger partial charge in [0.25, 0.3) is 0 Å². The first-order chi connectivity index (χ1) is 15.6. The molecule has 2 heterocycles. The lowest BCUT2D eigenvalue weighted by atomic mass is 9.89. The molecule has 0 spiro atoms. The molecule has 10 heteroatoms. The van der Waals surface area contributed by atoms with Crippen LogP contribution < -0.4 is 14.8 Å². The Morgan fingerprint density at radius 1 is 1.03 bits per heavy atom. The molecule has 10 nitrogen and oxygen atoms in total. The molecule has 1 atom stereocenters. The number of carbonyl (C=O) groups is 2. The molecule has 164 valence electrons. The number of hydrogen-bond donors (Lipinski definition) is 1. The second-order valence-corrected chi connectivity index (χ2v) is 6.81. The molecule has 1 aliphatic heterocycles. The summed E-state index contributed by atoms with van der Waals surface area (Å²) >= 11 is 0. The number of nitrogens with one attached hydrogen (secondary N) is 1. The van der Waals surface area contributed by atoms with Crippen LogP contribution in [-0.2, 0) is 9.53 Å². The van der Waals surface area contributed by atoms with Crippen LogP contribution in [0.1, 0.15) is 28.9 Å². The first-order valence-corrected chi connectivity index (χ1v) is 9.86. The maximum Gasteiger partial charge on any atom is 0.355 e. The SMILES string of the molecule is CCOc1ccc(C2C(C(=O)c3ccc(OC)cc3)=C(C(=O)OC)Nc3nnnn32)cc1. The zero-order chi connectivity index (χ0) is 22.7. The van der Waals surface area contributed by atoms with Crippen LogP contribution in [0.4, 0.5) is 5.95 Å². The van der Waals surface area contributed by atoms with Gasteiger partial charge >= 0.3 is 5.97 Å². The molecule has 1 unspecified atom stereocenters. The summed E-state index contributed by atoms with van der Waals surface area (Å²) in [6.07, 6.45) is 0. The summed E-state index contributed by atoms with van der Waals surface area (Å²) in [5, 5.41) is 14.5. The first-order valence-electron chi connectivity index (χ1n) is 9.86. The number of fused-ring (bicyclic) bond motifs is 1. The van der Waals surface area contributed by atoms with Crippen molar-refractivity contribution in [3.8, 4) is 11.5 Å². The lowest BCUT2D eigenvalue weighted by Gasteiger charge is -2.28. The van der Waals surface area contributed by atoms with Gasteiger partial charge in [-0.05, 0) is 59.3 Å². The number of nitrogens with zero attached hydrogens (tertiary/aromatic N) is 4. The maximum absolute atomic E-state index is 13.7. The van der Waals surface area contributed by atoms with Gasteiger partial charge < -0.3 is 19.5 Å². The molecule has 1 aromatic heterocycles. The lowest BCUT2D eigenvalue weighted by Crippen LogP contribution is -2.32. The van der Waals surface area contributed by atoms with Gasteiger partial charge in [0, 0.05) is 5.56 Å². The standard InChI is InChI=1S/C22H21N5O5/c1-4-32-16-11-5-13(6-12-16)19-17(20(28)14-7-9-15(30-2)10-8-14)18(21(29)31-3)23-22-24-25-26-27(19)22/h5-12,19H,4H2,1-3H3,(H,23,24,26). The van der Waals surface area contributed by atoms with E-state index in [0.717, 1.165) is 0 Å². The summed E-state index contributed by atoms with van der Waals surface area (Å²) < 4.78 is 17.1. The Morgan fingerprint density at radius 3 is 2.34 bits per heavy atom. The van der Waals surface area contributed by atoms with E-state index in [2.05, 4.69) is 20.8 Å². The van der Waals surface area contributed by atoms with Crippen molar-refractivity contribution in [2.24, 2.45) is 0 Å². The molecule has 0 amide bonds. The van der Waals surface area contributed by atoms with E-state index in [1.807, 2.05) is 19.1 Å². The number of rotatable bonds is 7. The average molecular weight is 435 g/mol. The minimum atomic E-state index is -0.763. The minimum absolute atomic E-state index is 0.0190. The van der Waals surface area contributed by atoms with Crippen molar-refractivity contribution in [2.45, 2.75) is 13.0 Å². The van der Waals surface area contributed by atoms with Crippen LogP contribution in [0, 0.1) is 0 Å². The summed E-state index contributed by atoms with van der Waals surface area (Å²) in [4.78, 5) is 26.3. The van der Waals surface area contributed by atoms with Crippen LogP contribution in [0.25, 0.3) is 0 Å². The van der Waals surface area contributed by atoms with Crippen molar-refractivity contribution < 1.29 is 23.8 Å². The zero-order valence-electron chi connectivity index (χ0n) is 17.7. The van der Waals surface area contributed by atoms with Gasteiger partial charge in [-0.3, -0.25) is 4.79 Å². The number of allylic oxidation sites excluding steroid dienone is 1. The molecule has 3 aromatic rings. The second-order valence-electron chi connectivity index (χ2n) is 6.81. The maximum atomic E-state index is 13.7. The van der Waals surface area contributed by atoms with Gasteiger partial charge in [-0.25, -0.2) is 4.79 Å². The molecule has 1 aliphatic rings. The number of hydrogen-bond acceptors (Lipinski definition) is 9. The third kappa shape index (κ3) is 3.78. The van der Waals surface area contributed by atoms with Gasteiger partial charge in [-0.1, -0.05) is 17.2 Å². The first kappa shape index (κ1) is 21.0. The number of tetrazole rings is 1. The minimum Gasteiger partial charge on any atom is -0.497 e. The second kappa shape index (κ2) is 8.88. The Hall–Kier alpha value is -4.21. The van der Waals surface area contributed by atoms with Gasteiger partial charge in [0.2, 0.25) is 5.95 Å². The van der Waals surface area contributed by atoms with Crippen molar-refractivity contribution >= 4 is 17.7 Å². The molecular weight excluding hydrogens is 414 g/mol. The molecule has 32 heavy (non-hydrogen) atoms. The van der Waals surface area contributed by atoms with Crippen molar-refractivity contribution in [1.82, 2.24) is 20.2 Å². The van der Waals surface area contributed by atoms with E-state index in [0.29, 0.717) is 29.2 Å². The molecular formula is C22H21N5O5. The molecule has 0 saturated carbocycles. The summed E-state index contributed by atoms with van der Waals surface area (Å²) in [6, 6.07) is 13.1. The Kier molecular flexibility index (Phi) is 5.84. The van der Waals surface area contributed by atoms with Crippen LogP contribution in [0.2, 0.25) is 0 Å². The Morgan fingerprint density at radius 2 is 1.72 bits per heavy atom. The smallest absolute Gasteiger partial charge is 0.355 e. The molecule has 4 rings (SSSR count). The molecule has 0 fully saturated rings. The molecule has 1 N–H and O–H groups in total. The molecule has 0 saturated heterocycles. The van der Waals surface area contributed by atoms with Crippen LogP contribution >= 0.6 is 0 Å². The lowest BCUT2D eigenvalue weighted by molar-refractivity contribution is -0.136. The van der Waals surface area contributed by atoms with Gasteiger partial charge in [0.1, 0.15) is 23.2 Å². The largest absolute Gasteiger partial charge is 0.497 e. The predicted molar refractivity (Wildman–Crippen MR) is 114 cm³/mol. The van der Waals surface area contributed by atoms with Gasteiger partial charge in [0.05, 0.1) is 26.4 Å². The van der Waals surface area contributed by atoms with E-state index in [-0.39, 0.29) is 23.0 Å². The number of ether oxygens (including phenoxy) is 3. The van der Waals surface area contributed by atoms with Crippen LogP contribution in [0.5, 0.6) is 11.5 Å². The fraction of sp³-hybridized carbons (Fsp3) is 0.227. The molecule has 0 bridgehead atoms. The molecule has 0 radical (unpaired) electrons. The third-order valence-electron chi connectivity index (χ3n) is 5.01. The van der Waals surface area contributed by atoms with E-state index in [1.54, 1.807) is 43.5 Å². The highest BCUT2D eigenvalue weighted by atomic mass is 16.5. The molecule has 2 aromatic carbocycles. The van der Waals surface area contributed by atoms with Crippen molar-refractivity contribution in [1.29, 1.82) is 0 Å². The van der Waals surface area contributed by atoms with E-state index in [9.17, 15) is 9.59 Å². The molecule has 0 aliphatic carbocycles. The fourth-order valence-corrected chi connectivity index (χ4v) is 3.51. The van der Waals surface area contributed by atoms with E-state index >= 15 is 0 Å². The van der Waals surface area contributed by atoms with Crippen LogP contribution in [0.15, 0.2) is 59.8 Å². The fourth-order valence-electron chi connectivity index (χ4n) is 3.51. The Labute approximate surface area is 183 Å². The normalized spacial score (nSPS) is 14.9. The summed E-state index contributed by atoms with van der Waals surface area (Å²) in [7, 11) is 2.79. The number of ketones is 1. The van der Waals surface area contributed by atoms with Crippen molar-refractivity contribution in [3.05, 3.63) is 70.9 Å². The zero-order valence-corrected chi connectivity index (χ0v) is 17.7. The number of carbonyl (C=O) groups excluding carboxylic acids is 2.